The van der Waals surface area contributed by atoms with Gasteiger partial charge in [0.05, 0.1) is 6.61 Å². The number of hydrogen-bond acceptors (Lipinski definition) is 3. The van der Waals surface area contributed by atoms with Crippen molar-refractivity contribution in [1.29, 1.82) is 0 Å². The number of carboxylic acid groups (broad SMARTS) is 1. The van der Waals surface area contributed by atoms with Crippen molar-refractivity contribution in [2.75, 3.05) is 6.61 Å². The van der Waals surface area contributed by atoms with Gasteiger partial charge in [-0.05, 0) is 62.7 Å². The number of aliphatic carboxylic acids is 1. The van der Waals surface area contributed by atoms with Gasteiger partial charge in [-0.1, -0.05) is 38.0 Å². The van der Waals surface area contributed by atoms with E-state index in [2.05, 4.69) is 20.4 Å². The Kier molecular flexibility index (Phi) is 6.36. The van der Waals surface area contributed by atoms with Crippen LogP contribution < -0.4 is 0 Å². The van der Waals surface area contributed by atoms with Crippen LogP contribution in [-0.2, 0) is 14.3 Å². The lowest BCUT2D eigenvalue weighted by Crippen LogP contribution is -2.52. The summed E-state index contributed by atoms with van der Waals surface area (Å²) in [5.41, 5.74) is 2.38. The predicted molar refractivity (Wildman–Crippen MR) is 103 cm³/mol. The zero-order valence-corrected chi connectivity index (χ0v) is 16.8. The third-order valence-electron chi connectivity index (χ3n) is 6.95. The molecule has 2 aliphatic carbocycles. The highest BCUT2D eigenvalue weighted by Gasteiger charge is 2.54. The van der Waals surface area contributed by atoms with Crippen LogP contribution in [0, 0.1) is 22.7 Å². The van der Waals surface area contributed by atoms with Crippen molar-refractivity contribution in [2.24, 2.45) is 22.7 Å². The molecular weight excluding hydrogens is 328 g/mol. The zero-order chi connectivity index (χ0) is 19.5. The zero-order valence-electron chi connectivity index (χ0n) is 16.8. The maximum absolute atomic E-state index is 11.4. The molecule has 0 heterocycles. The summed E-state index contributed by atoms with van der Waals surface area (Å²) >= 11 is 0. The molecule has 0 aromatic carbocycles. The summed E-state index contributed by atoms with van der Waals surface area (Å²) in [5, 5.41) is 8.95. The van der Waals surface area contributed by atoms with E-state index in [0.717, 1.165) is 44.1 Å². The first-order valence-electron chi connectivity index (χ1n) is 9.79. The summed E-state index contributed by atoms with van der Waals surface area (Å²) in [6, 6.07) is 0. The van der Waals surface area contributed by atoms with Crippen LogP contribution in [0.25, 0.3) is 0 Å². The molecule has 0 radical (unpaired) electrons. The molecule has 0 aromatic heterocycles. The van der Waals surface area contributed by atoms with Gasteiger partial charge in [-0.2, -0.15) is 0 Å². The number of rotatable bonds is 6. The summed E-state index contributed by atoms with van der Waals surface area (Å²) in [5.74, 6) is -0.178. The minimum absolute atomic E-state index is 0.0174. The first-order chi connectivity index (χ1) is 12.1. The summed E-state index contributed by atoms with van der Waals surface area (Å²) in [6.45, 7) is 12.9. The van der Waals surface area contributed by atoms with E-state index in [1.54, 1.807) is 0 Å². The van der Waals surface area contributed by atoms with Crippen LogP contribution >= 0.6 is 0 Å². The number of fused-ring (bicyclic) bond motifs is 1. The molecule has 4 heteroatoms. The topological polar surface area (TPSA) is 63.6 Å². The van der Waals surface area contributed by atoms with Crippen LogP contribution in [0.15, 0.2) is 23.8 Å². The summed E-state index contributed by atoms with van der Waals surface area (Å²) in [7, 11) is 0. The second-order valence-electron chi connectivity index (χ2n) is 8.96. The molecule has 0 aromatic rings. The molecule has 0 unspecified atom stereocenters. The van der Waals surface area contributed by atoms with E-state index in [-0.39, 0.29) is 16.8 Å². The van der Waals surface area contributed by atoms with Gasteiger partial charge in [0.2, 0.25) is 0 Å². The van der Waals surface area contributed by atoms with E-state index in [9.17, 15) is 9.59 Å². The number of carbonyl (C=O) groups excluding carboxylic acids is 1. The third-order valence-corrected chi connectivity index (χ3v) is 6.95. The van der Waals surface area contributed by atoms with Gasteiger partial charge >= 0.3 is 11.9 Å². The largest absolute Gasteiger partial charge is 0.478 e. The van der Waals surface area contributed by atoms with Crippen molar-refractivity contribution in [2.45, 2.75) is 72.6 Å². The normalized spacial score (nSPS) is 34.9. The van der Waals surface area contributed by atoms with E-state index < -0.39 is 5.97 Å². The second-order valence-corrected chi connectivity index (χ2v) is 8.96. The maximum Gasteiger partial charge on any atom is 0.328 e. The van der Waals surface area contributed by atoms with Gasteiger partial charge in [0.15, 0.2) is 0 Å². The Morgan fingerprint density at radius 1 is 1.31 bits per heavy atom. The van der Waals surface area contributed by atoms with Crippen LogP contribution in [-0.4, -0.2) is 23.7 Å². The molecule has 146 valence electrons. The molecule has 4 atom stereocenters. The Labute approximate surface area is 157 Å². The Balaban J connectivity index is 2.20. The lowest BCUT2D eigenvalue weighted by molar-refractivity contribution is -0.152. The Morgan fingerprint density at radius 2 is 2.00 bits per heavy atom. The highest BCUT2D eigenvalue weighted by atomic mass is 16.5. The van der Waals surface area contributed by atoms with Gasteiger partial charge < -0.3 is 9.84 Å². The van der Waals surface area contributed by atoms with Crippen LogP contribution in [0.2, 0.25) is 0 Å². The highest BCUT2D eigenvalue weighted by molar-refractivity contribution is 5.80. The van der Waals surface area contributed by atoms with Gasteiger partial charge in [0.1, 0.15) is 0 Å². The number of carbonyl (C=O) groups is 2. The summed E-state index contributed by atoms with van der Waals surface area (Å²) < 4.78 is 5.45. The van der Waals surface area contributed by atoms with Crippen LogP contribution in [0.1, 0.15) is 72.6 Å². The molecule has 1 N–H and O–H groups in total. The molecule has 2 rings (SSSR count). The Morgan fingerprint density at radius 3 is 2.62 bits per heavy atom. The Hall–Kier alpha value is -1.58. The molecule has 0 aliphatic heterocycles. The lowest BCUT2D eigenvalue weighted by Gasteiger charge is -2.58. The van der Waals surface area contributed by atoms with E-state index in [0.29, 0.717) is 18.4 Å². The van der Waals surface area contributed by atoms with Crippen molar-refractivity contribution < 1.29 is 19.4 Å². The van der Waals surface area contributed by atoms with Crippen molar-refractivity contribution in [1.82, 2.24) is 0 Å². The predicted octanol–water partition coefficient (Wildman–Crippen LogP) is 5.14. The van der Waals surface area contributed by atoms with Gasteiger partial charge in [-0.15, -0.1) is 0 Å². The average molecular weight is 363 g/mol. The van der Waals surface area contributed by atoms with E-state index in [1.165, 1.54) is 25.0 Å². The average Bonchev–Trinajstić information content (AvgIpc) is 2.51. The first kappa shape index (κ1) is 20.7. The Bertz CT molecular complexity index is 605. The highest BCUT2D eigenvalue weighted by Crippen LogP contribution is 2.62. The molecule has 0 saturated heterocycles. The smallest absolute Gasteiger partial charge is 0.328 e. The van der Waals surface area contributed by atoms with Gasteiger partial charge in [0.25, 0.3) is 0 Å². The number of esters is 1. The SMILES string of the molecule is C=C1CC[C@@H]2[C@](C)(COC(C)=O)CCC[C@@]2(C)[C@@H]1CC/C(C)=C/C(=O)O. The van der Waals surface area contributed by atoms with E-state index >= 15 is 0 Å². The van der Waals surface area contributed by atoms with Gasteiger partial charge in [0, 0.05) is 18.4 Å². The molecule has 2 aliphatic rings. The van der Waals surface area contributed by atoms with Crippen molar-refractivity contribution in [3.05, 3.63) is 23.8 Å². The molecule has 4 nitrogen and oxygen atoms in total. The maximum atomic E-state index is 11.4. The molecule has 2 saturated carbocycles. The standard InChI is InChI=1S/C22H34O4/c1-15(13-20(24)25)7-9-18-16(2)8-10-19-21(4,14-26-17(3)23)11-6-12-22(18,19)5/h13,18-19H,2,6-12,14H2,1,3-5H3,(H,24,25)/b15-13+/t18-,19-,21+,22+/m1/s1. The number of carboxylic acids is 1. The molecule has 26 heavy (non-hydrogen) atoms. The minimum atomic E-state index is -0.874. The number of allylic oxidation sites excluding steroid dienone is 2. The fourth-order valence-electron chi connectivity index (χ4n) is 5.71. The minimum Gasteiger partial charge on any atom is -0.478 e. The quantitative estimate of drug-likeness (QED) is 0.404. The van der Waals surface area contributed by atoms with Crippen LogP contribution in [0.4, 0.5) is 0 Å². The van der Waals surface area contributed by atoms with E-state index in [1.807, 2.05) is 6.92 Å². The second kappa shape index (κ2) is 7.98. The van der Waals surface area contributed by atoms with Gasteiger partial charge in [-0.25, -0.2) is 4.79 Å². The fourth-order valence-corrected chi connectivity index (χ4v) is 5.71. The number of ether oxygens (including phenoxy) is 1. The molecule has 2 fully saturated rings. The molecular formula is C22H34O4. The van der Waals surface area contributed by atoms with Crippen molar-refractivity contribution >= 4 is 11.9 Å². The molecule has 0 bridgehead atoms. The van der Waals surface area contributed by atoms with Crippen LogP contribution in [0.5, 0.6) is 0 Å². The summed E-state index contributed by atoms with van der Waals surface area (Å²) in [4.78, 5) is 22.3. The van der Waals surface area contributed by atoms with Crippen molar-refractivity contribution in [3.63, 3.8) is 0 Å². The monoisotopic (exact) mass is 362 g/mol. The molecule has 0 amide bonds. The van der Waals surface area contributed by atoms with Crippen molar-refractivity contribution in [3.8, 4) is 0 Å². The molecule has 0 spiro atoms. The fraction of sp³-hybridized carbons (Fsp3) is 0.727. The number of hydrogen-bond donors (Lipinski definition) is 1. The van der Waals surface area contributed by atoms with Crippen LogP contribution in [0.3, 0.4) is 0 Å². The van der Waals surface area contributed by atoms with E-state index in [4.69, 9.17) is 9.84 Å². The third kappa shape index (κ3) is 4.39. The summed E-state index contributed by atoms with van der Waals surface area (Å²) in [6.07, 6.45) is 8.58. The lowest BCUT2D eigenvalue weighted by atomic mass is 9.47. The first-order valence-corrected chi connectivity index (χ1v) is 9.79. The van der Waals surface area contributed by atoms with Gasteiger partial charge in [-0.3, -0.25) is 4.79 Å².